The fourth-order valence-electron chi connectivity index (χ4n) is 3.06. The third kappa shape index (κ3) is 4.51. The number of anilines is 1. The van der Waals surface area contributed by atoms with Crippen molar-refractivity contribution in [3.05, 3.63) is 52.5 Å². The van der Waals surface area contributed by atoms with Crippen LogP contribution in [0.25, 0.3) is 0 Å². The maximum Gasteiger partial charge on any atom is 0.338 e. The minimum absolute atomic E-state index is 0.0407. The second-order valence-corrected chi connectivity index (χ2v) is 6.79. The minimum Gasteiger partial charge on any atom is -0.493 e. The summed E-state index contributed by atoms with van der Waals surface area (Å²) in [4.78, 5) is 38.3. The Morgan fingerprint density at radius 2 is 1.76 bits per heavy atom. The summed E-state index contributed by atoms with van der Waals surface area (Å²) in [5.41, 5.74) is 1.01. The summed E-state index contributed by atoms with van der Waals surface area (Å²) in [6.07, 6.45) is 1.19. The number of Topliss-reactive ketones (excluding diaryl/α,β-unsaturated/α-hetero) is 1. The third-order valence-corrected chi connectivity index (χ3v) is 4.91. The van der Waals surface area contributed by atoms with Gasteiger partial charge in [0, 0.05) is 18.5 Å². The van der Waals surface area contributed by atoms with Crippen LogP contribution < -0.4 is 14.4 Å². The highest BCUT2D eigenvalue weighted by Gasteiger charge is 2.25. The maximum atomic E-state index is 12.4. The molecule has 8 heteroatoms. The second-order valence-electron chi connectivity index (χ2n) is 6.38. The van der Waals surface area contributed by atoms with Gasteiger partial charge in [-0.15, -0.1) is 0 Å². The van der Waals surface area contributed by atoms with Gasteiger partial charge in [0.2, 0.25) is 5.91 Å². The molecular weight excluding hydrogens is 398 g/mol. The van der Waals surface area contributed by atoms with E-state index < -0.39 is 12.6 Å². The first-order chi connectivity index (χ1) is 13.9. The number of ketones is 1. The van der Waals surface area contributed by atoms with E-state index in [0.29, 0.717) is 40.7 Å². The number of rotatable bonds is 7. The van der Waals surface area contributed by atoms with E-state index in [1.165, 1.54) is 38.5 Å². The van der Waals surface area contributed by atoms with Crippen LogP contribution in [0.4, 0.5) is 5.69 Å². The van der Waals surface area contributed by atoms with Crippen molar-refractivity contribution in [1.29, 1.82) is 0 Å². The Bertz CT molecular complexity index is 958. The Labute approximate surface area is 173 Å². The van der Waals surface area contributed by atoms with Crippen molar-refractivity contribution in [2.45, 2.75) is 12.8 Å². The lowest BCUT2D eigenvalue weighted by Gasteiger charge is -2.18. The maximum absolute atomic E-state index is 12.4. The van der Waals surface area contributed by atoms with Crippen molar-refractivity contribution in [1.82, 2.24) is 0 Å². The van der Waals surface area contributed by atoms with E-state index in [2.05, 4.69) is 0 Å². The monoisotopic (exact) mass is 417 g/mol. The summed E-state index contributed by atoms with van der Waals surface area (Å²) in [7, 11) is 2.96. The van der Waals surface area contributed by atoms with Gasteiger partial charge < -0.3 is 19.1 Å². The smallest absolute Gasteiger partial charge is 0.338 e. The van der Waals surface area contributed by atoms with E-state index in [0.717, 1.165) is 6.42 Å². The number of hydrogen-bond donors (Lipinski definition) is 0. The molecule has 152 valence electrons. The molecule has 1 heterocycles. The zero-order valence-electron chi connectivity index (χ0n) is 16.1. The summed E-state index contributed by atoms with van der Waals surface area (Å²) in [6.45, 7) is 0.115. The highest BCUT2D eigenvalue weighted by atomic mass is 35.5. The molecule has 0 N–H and O–H groups in total. The normalized spacial score (nSPS) is 13.3. The molecule has 1 fully saturated rings. The lowest BCUT2D eigenvalue weighted by Crippen LogP contribution is -2.24. The van der Waals surface area contributed by atoms with Gasteiger partial charge in [0.15, 0.2) is 23.9 Å². The third-order valence-electron chi connectivity index (χ3n) is 4.59. The fraction of sp³-hybridized carbons (Fsp3) is 0.286. The Morgan fingerprint density at radius 3 is 2.41 bits per heavy atom. The van der Waals surface area contributed by atoms with Crippen LogP contribution in [0.2, 0.25) is 5.02 Å². The fourth-order valence-corrected chi connectivity index (χ4v) is 3.28. The standard InChI is InChI=1S/C21H20ClNO6/c1-27-18-8-6-13(11-19(18)28-2)17(24)12-29-21(26)14-5-7-15(22)16(10-14)23-9-3-4-20(23)25/h5-8,10-11H,3-4,9,12H2,1-2H3. The number of halogens is 1. The largest absolute Gasteiger partial charge is 0.493 e. The number of methoxy groups -OCH3 is 2. The Morgan fingerprint density at radius 1 is 1.03 bits per heavy atom. The quantitative estimate of drug-likeness (QED) is 0.506. The molecule has 29 heavy (non-hydrogen) atoms. The van der Waals surface area contributed by atoms with E-state index in [1.807, 2.05) is 0 Å². The Hall–Kier alpha value is -3.06. The molecule has 0 unspecified atom stereocenters. The first-order valence-electron chi connectivity index (χ1n) is 8.97. The van der Waals surface area contributed by atoms with Gasteiger partial charge >= 0.3 is 5.97 Å². The second kappa shape index (κ2) is 8.96. The van der Waals surface area contributed by atoms with Crippen molar-refractivity contribution in [2.24, 2.45) is 0 Å². The van der Waals surface area contributed by atoms with Gasteiger partial charge in [-0.25, -0.2) is 4.79 Å². The Balaban J connectivity index is 1.69. The summed E-state index contributed by atoms with van der Waals surface area (Å²) >= 11 is 6.18. The molecule has 1 saturated heterocycles. The van der Waals surface area contributed by atoms with Crippen molar-refractivity contribution in [3.8, 4) is 11.5 Å². The van der Waals surface area contributed by atoms with E-state index in [-0.39, 0.29) is 17.3 Å². The highest BCUT2D eigenvalue weighted by molar-refractivity contribution is 6.34. The van der Waals surface area contributed by atoms with Crippen LogP contribution in [-0.2, 0) is 9.53 Å². The van der Waals surface area contributed by atoms with Crippen LogP contribution in [0.3, 0.4) is 0 Å². The average Bonchev–Trinajstić information content (AvgIpc) is 3.17. The molecule has 3 rings (SSSR count). The van der Waals surface area contributed by atoms with Crippen molar-refractivity contribution < 1.29 is 28.6 Å². The number of carbonyl (C=O) groups is 3. The molecule has 7 nitrogen and oxygen atoms in total. The van der Waals surface area contributed by atoms with Crippen molar-refractivity contribution in [3.63, 3.8) is 0 Å². The number of benzene rings is 2. The molecule has 2 aromatic rings. The lowest BCUT2D eigenvalue weighted by molar-refractivity contribution is -0.117. The van der Waals surface area contributed by atoms with Gasteiger partial charge in [0.25, 0.3) is 0 Å². The van der Waals surface area contributed by atoms with Gasteiger partial charge in [0.05, 0.1) is 30.5 Å². The average molecular weight is 418 g/mol. The molecule has 0 atom stereocenters. The predicted octanol–water partition coefficient (Wildman–Crippen LogP) is 3.52. The molecule has 1 aliphatic heterocycles. The van der Waals surface area contributed by atoms with E-state index in [1.54, 1.807) is 17.0 Å². The Kier molecular flexibility index (Phi) is 6.39. The van der Waals surface area contributed by atoms with Crippen LogP contribution in [0.5, 0.6) is 11.5 Å². The molecule has 0 saturated carbocycles. The minimum atomic E-state index is -0.677. The highest BCUT2D eigenvalue weighted by Crippen LogP contribution is 2.31. The van der Waals surface area contributed by atoms with Crippen LogP contribution >= 0.6 is 11.6 Å². The number of carbonyl (C=O) groups excluding carboxylic acids is 3. The predicted molar refractivity (Wildman–Crippen MR) is 107 cm³/mol. The summed E-state index contributed by atoms with van der Waals surface area (Å²) < 4.78 is 15.5. The molecule has 2 aromatic carbocycles. The van der Waals surface area contributed by atoms with Gasteiger partial charge in [-0.05, 0) is 42.8 Å². The molecular formula is C21H20ClNO6. The first kappa shape index (κ1) is 20.7. The first-order valence-corrected chi connectivity index (χ1v) is 9.34. The van der Waals surface area contributed by atoms with Crippen LogP contribution in [0, 0.1) is 0 Å². The van der Waals surface area contributed by atoms with Crippen LogP contribution in [0.15, 0.2) is 36.4 Å². The van der Waals surface area contributed by atoms with Crippen LogP contribution in [0.1, 0.15) is 33.6 Å². The van der Waals surface area contributed by atoms with Crippen LogP contribution in [-0.4, -0.2) is 45.0 Å². The van der Waals surface area contributed by atoms with Gasteiger partial charge in [-0.2, -0.15) is 0 Å². The molecule has 0 bridgehead atoms. The van der Waals surface area contributed by atoms with Crippen molar-refractivity contribution in [2.75, 3.05) is 32.3 Å². The summed E-state index contributed by atoms with van der Waals surface area (Å²) in [6, 6.07) is 9.23. The zero-order valence-corrected chi connectivity index (χ0v) is 16.8. The van der Waals surface area contributed by atoms with Gasteiger partial charge in [-0.3, -0.25) is 9.59 Å². The molecule has 1 amide bonds. The topological polar surface area (TPSA) is 82.1 Å². The van der Waals surface area contributed by atoms with Gasteiger partial charge in [0.1, 0.15) is 0 Å². The zero-order chi connectivity index (χ0) is 21.0. The lowest BCUT2D eigenvalue weighted by atomic mass is 10.1. The summed E-state index contributed by atoms with van der Waals surface area (Å²) in [5.74, 6) is -0.207. The molecule has 0 aromatic heterocycles. The van der Waals surface area contributed by atoms with Crippen molar-refractivity contribution >= 4 is 34.9 Å². The summed E-state index contributed by atoms with van der Waals surface area (Å²) in [5, 5.41) is 0.373. The molecule has 0 spiro atoms. The number of hydrogen-bond acceptors (Lipinski definition) is 6. The van der Waals surface area contributed by atoms with E-state index >= 15 is 0 Å². The number of esters is 1. The number of ether oxygens (including phenoxy) is 3. The van der Waals surface area contributed by atoms with E-state index in [9.17, 15) is 14.4 Å². The molecule has 0 radical (unpaired) electrons. The number of amides is 1. The number of nitrogens with zero attached hydrogens (tertiary/aromatic N) is 1. The SMILES string of the molecule is COc1ccc(C(=O)COC(=O)c2ccc(Cl)c(N3CCCC3=O)c2)cc1OC. The molecule has 0 aliphatic carbocycles. The van der Waals surface area contributed by atoms with E-state index in [4.69, 9.17) is 25.8 Å². The van der Waals surface area contributed by atoms with Gasteiger partial charge in [-0.1, -0.05) is 11.6 Å². The molecule has 1 aliphatic rings.